The molecule has 4 atom stereocenters. The number of hydrogen-bond donors (Lipinski definition) is 0. The maximum atomic E-state index is 7.57. The highest BCUT2D eigenvalue weighted by Gasteiger charge is 2.50. The Kier molecular flexibility index (Phi) is 14.5. The van der Waals surface area contributed by atoms with Gasteiger partial charge in [0.2, 0.25) is 0 Å². The minimum Gasteiger partial charge on any atom is -0.478 e. The van der Waals surface area contributed by atoms with Crippen molar-refractivity contribution in [3.63, 3.8) is 0 Å². The Balaban J connectivity index is 1.29. The first-order valence-corrected chi connectivity index (χ1v) is 34.4. The van der Waals surface area contributed by atoms with Gasteiger partial charge in [-0.15, -0.1) is 0 Å². The lowest BCUT2D eigenvalue weighted by molar-refractivity contribution is -0.111. The Labute approximate surface area is 344 Å². The van der Waals surface area contributed by atoms with Crippen molar-refractivity contribution in [2.24, 2.45) is 15.9 Å². The molecule has 310 valence electrons. The summed E-state index contributed by atoms with van der Waals surface area (Å²) in [6.45, 7) is 22.9. The van der Waals surface area contributed by atoms with E-state index in [1.807, 2.05) is 0 Å². The molecule has 0 aromatic heterocycles. The fraction of sp³-hybridized carbons (Fsp3) is 0.689. The molecule has 2 aromatic carbocycles. The average molecular weight is 835 g/mol. The van der Waals surface area contributed by atoms with Crippen LogP contribution in [0.1, 0.15) is 88.9 Å². The summed E-state index contributed by atoms with van der Waals surface area (Å²) < 4.78 is 35.3. The van der Waals surface area contributed by atoms with Gasteiger partial charge in [-0.2, -0.15) is 0 Å². The van der Waals surface area contributed by atoms with Gasteiger partial charge < -0.3 is 22.8 Å². The van der Waals surface area contributed by atoms with Crippen LogP contribution in [-0.2, 0) is 22.8 Å². The molecule has 0 N–H and O–H groups in total. The van der Waals surface area contributed by atoms with E-state index in [9.17, 15) is 0 Å². The maximum Gasteiger partial charge on any atom is 0.196 e. The van der Waals surface area contributed by atoms with Crippen LogP contribution in [0.25, 0.3) is 0 Å². The van der Waals surface area contributed by atoms with Gasteiger partial charge in [0.1, 0.15) is 36.8 Å². The molecule has 4 heterocycles. The first kappa shape index (κ1) is 43.7. The van der Waals surface area contributed by atoms with Crippen molar-refractivity contribution < 1.29 is 22.8 Å². The van der Waals surface area contributed by atoms with E-state index in [1.54, 1.807) is 0 Å². The number of hydrogen-bond acceptors (Lipinski definition) is 7. The van der Waals surface area contributed by atoms with Crippen LogP contribution in [0.4, 0.5) is 0 Å². The van der Waals surface area contributed by atoms with Crippen LogP contribution in [0.2, 0.25) is 81.6 Å². The lowest BCUT2D eigenvalue weighted by atomic mass is 9.89. The van der Waals surface area contributed by atoms with Crippen molar-refractivity contribution in [3.05, 3.63) is 71.8 Å². The van der Waals surface area contributed by atoms with Crippen molar-refractivity contribution in [3.8, 4) is 0 Å². The van der Waals surface area contributed by atoms with Gasteiger partial charge in [-0.3, -0.25) is 0 Å². The van der Waals surface area contributed by atoms with Crippen LogP contribution in [0.3, 0.4) is 0 Å². The van der Waals surface area contributed by atoms with Crippen molar-refractivity contribution >= 4 is 44.8 Å². The van der Waals surface area contributed by atoms with Crippen LogP contribution < -0.4 is 0 Å². The molecule has 4 aliphatic rings. The number of aliphatic imine (C=N–C) groups is 2. The zero-order chi connectivity index (χ0) is 40.0. The van der Waals surface area contributed by atoms with E-state index in [1.165, 1.54) is 72.7 Å². The van der Waals surface area contributed by atoms with Crippen molar-refractivity contribution in [2.45, 2.75) is 177 Å². The molecule has 0 saturated carbocycles. The summed E-state index contributed by atoms with van der Waals surface area (Å²) in [5, 5.41) is 0. The van der Waals surface area contributed by atoms with Gasteiger partial charge in [0.05, 0.1) is 20.3 Å². The van der Waals surface area contributed by atoms with E-state index >= 15 is 0 Å². The quantitative estimate of drug-likeness (QED) is 0.223. The molecule has 4 aliphatic heterocycles. The predicted octanol–water partition coefficient (Wildman–Crippen LogP) is 12.4. The minimum absolute atomic E-state index is 0.0139. The molecular weight excluding hydrogens is 761 g/mol. The summed E-state index contributed by atoms with van der Waals surface area (Å²) in [7, 11) is -7.73. The molecule has 2 unspecified atom stereocenters. The second kappa shape index (κ2) is 18.6. The Bertz CT molecular complexity index is 1520. The van der Waals surface area contributed by atoms with Gasteiger partial charge in [0, 0.05) is 0 Å². The van der Waals surface area contributed by atoms with E-state index < -0.39 is 38.6 Å². The fourth-order valence-electron chi connectivity index (χ4n) is 10.4. The number of ether oxygens (including phenoxy) is 2. The molecule has 2 saturated heterocycles. The summed E-state index contributed by atoms with van der Waals surface area (Å²) in [5.41, 5.74) is 1.97. The van der Waals surface area contributed by atoms with E-state index in [2.05, 4.69) is 121 Å². The maximum absolute atomic E-state index is 7.57. The molecule has 7 nitrogen and oxygen atoms in total. The molecule has 11 heteroatoms. The molecular formula is C45H74N2O5Si4. The Morgan fingerprint density at radius 3 is 1.48 bits per heavy atom. The van der Waals surface area contributed by atoms with Gasteiger partial charge in [0.25, 0.3) is 0 Å². The van der Waals surface area contributed by atoms with E-state index in [4.69, 9.17) is 32.7 Å². The van der Waals surface area contributed by atoms with Crippen LogP contribution >= 0.6 is 0 Å². The Morgan fingerprint density at radius 1 is 0.625 bits per heavy atom. The Hall–Kier alpha value is -1.87. The van der Waals surface area contributed by atoms with Crippen molar-refractivity contribution in [1.82, 2.24) is 0 Å². The molecule has 0 amide bonds. The summed E-state index contributed by atoms with van der Waals surface area (Å²) in [6.07, 6.45) is 8.00. The normalized spacial score (nSPS) is 32.2. The first-order chi connectivity index (χ1) is 26.7. The van der Waals surface area contributed by atoms with Gasteiger partial charge >= 0.3 is 0 Å². The van der Waals surface area contributed by atoms with E-state index in [0.717, 1.165) is 37.5 Å². The molecule has 2 bridgehead atoms. The summed E-state index contributed by atoms with van der Waals surface area (Å²) in [5.74, 6) is 1.57. The number of fused-ring (bicyclic) bond motifs is 6. The third-order valence-corrected chi connectivity index (χ3v) is 26.6. The molecule has 56 heavy (non-hydrogen) atoms. The summed E-state index contributed by atoms with van der Waals surface area (Å²) in [4.78, 5) is 10.5. The van der Waals surface area contributed by atoms with Crippen LogP contribution in [0.15, 0.2) is 70.6 Å². The van der Waals surface area contributed by atoms with Crippen molar-refractivity contribution in [2.75, 3.05) is 13.2 Å². The smallest absolute Gasteiger partial charge is 0.196 e. The lowest BCUT2D eigenvalue weighted by Crippen LogP contribution is -2.61. The zero-order valence-electron chi connectivity index (χ0n) is 36.4. The Morgan fingerprint density at radius 2 is 1.05 bits per heavy atom. The molecule has 2 aromatic rings. The molecule has 0 spiro atoms. The van der Waals surface area contributed by atoms with E-state index in [-0.39, 0.29) is 30.2 Å². The van der Waals surface area contributed by atoms with Gasteiger partial charge in [-0.05, 0) is 94.7 Å². The topological polar surface area (TPSA) is 70.9 Å². The second-order valence-corrected chi connectivity index (χ2v) is 37.2. The third-order valence-electron chi connectivity index (χ3n) is 13.4. The molecule has 0 aliphatic carbocycles. The minimum atomic E-state index is -2.06. The fourth-order valence-corrected chi connectivity index (χ4v) is 23.9. The average Bonchev–Trinajstić information content (AvgIpc) is 3.86. The highest BCUT2D eigenvalue weighted by atomic mass is 28.4. The largest absolute Gasteiger partial charge is 0.478 e. The zero-order valence-corrected chi connectivity index (χ0v) is 40.4. The lowest BCUT2D eigenvalue weighted by Gasteiger charge is -2.50. The van der Waals surface area contributed by atoms with Gasteiger partial charge in [-0.1, -0.05) is 124 Å². The van der Waals surface area contributed by atoms with Crippen molar-refractivity contribution in [1.29, 1.82) is 0 Å². The number of rotatable bonds is 10. The number of benzene rings is 2. The highest BCUT2D eigenvalue weighted by Crippen LogP contribution is 2.43. The first-order valence-electron chi connectivity index (χ1n) is 22.2. The standard InChI is InChI=1S/C45H74N2O5Si4/c1-10-41-45(3)42(11-2)51-54(6,7)28-20-32-56(31-19-27-53(4,5)50-41,33-21-29-55(8,9)52-45)30-18-26-38(43-46-39(34-48-43)36-22-14-12-15-23-36)44-47-40(35-49-44)37-24-16-13-17-25-37/h12-17,22-25,38-42H,10-11,18-21,26-35H2,1-9H3/t39-,40-,41?,42?,45?,56?/m1/s1. The van der Waals surface area contributed by atoms with Gasteiger partial charge in [0.15, 0.2) is 36.7 Å². The second-order valence-electron chi connectivity index (χ2n) is 19.5. The van der Waals surface area contributed by atoms with E-state index in [0.29, 0.717) is 13.2 Å². The van der Waals surface area contributed by atoms with Gasteiger partial charge in [-0.25, -0.2) is 9.98 Å². The molecule has 0 radical (unpaired) electrons. The third kappa shape index (κ3) is 11.0. The highest BCUT2D eigenvalue weighted by molar-refractivity contribution is 6.80. The molecule has 2 fully saturated rings. The van der Waals surface area contributed by atoms with Crippen LogP contribution in [0, 0.1) is 5.92 Å². The summed E-state index contributed by atoms with van der Waals surface area (Å²) in [6, 6.07) is 30.4. The monoisotopic (exact) mass is 834 g/mol. The SMILES string of the molecule is CCC1O[Si](C)(C)CCC[Si]2(CCCC(C3=N[C@@H](c4ccccc4)CO3)C3=N[C@@H](c4ccccc4)CO3)CCC[Si](C)(C)OC(CC)C1(C)O[Si](C)(C)CCC2. The molecule has 6 rings (SSSR count). The summed E-state index contributed by atoms with van der Waals surface area (Å²) >= 11 is 0. The van der Waals surface area contributed by atoms with Crippen LogP contribution in [0.5, 0.6) is 0 Å². The number of nitrogens with zero attached hydrogens (tertiary/aromatic N) is 2. The predicted molar refractivity (Wildman–Crippen MR) is 243 cm³/mol. The van der Waals surface area contributed by atoms with Crippen LogP contribution in [-0.4, -0.2) is 75.8 Å².